The Kier molecular flexibility index (Phi) is 3.72. The van der Waals surface area contributed by atoms with Crippen molar-refractivity contribution in [2.75, 3.05) is 5.32 Å². The third-order valence-electron chi connectivity index (χ3n) is 2.74. The highest BCUT2D eigenvalue weighted by Crippen LogP contribution is 2.18. The van der Waals surface area contributed by atoms with Crippen molar-refractivity contribution in [2.24, 2.45) is 0 Å². The van der Waals surface area contributed by atoms with Crippen LogP contribution in [0.5, 0.6) is 0 Å². The summed E-state index contributed by atoms with van der Waals surface area (Å²) < 4.78 is 13.2. The number of H-pyrrole nitrogens is 1. The summed E-state index contributed by atoms with van der Waals surface area (Å²) >= 11 is 0. The Labute approximate surface area is 121 Å². The zero-order valence-electron chi connectivity index (χ0n) is 11.9. The summed E-state index contributed by atoms with van der Waals surface area (Å²) in [7, 11) is 0. The van der Waals surface area contributed by atoms with E-state index in [2.05, 4.69) is 20.5 Å². The molecule has 1 aromatic heterocycles. The van der Waals surface area contributed by atoms with Crippen molar-refractivity contribution in [2.45, 2.75) is 26.2 Å². The molecule has 6 nitrogen and oxygen atoms in total. The maximum Gasteiger partial charge on any atom is 0.295 e. The van der Waals surface area contributed by atoms with Gasteiger partial charge >= 0.3 is 0 Å². The number of aromatic nitrogens is 3. The molecule has 0 fully saturated rings. The first-order valence-electron chi connectivity index (χ1n) is 6.25. The topological polar surface area (TPSA) is 94.5 Å². The van der Waals surface area contributed by atoms with Crippen LogP contribution >= 0.6 is 0 Å². The summed E-state index contributed by atoms with van der Waals surface area (Å²) in [6.07, 6.45) is 0. The van der Waals surface area contributed by atoms with Gasteiger partial charge in [-0.05, 0) is 18.2 Å². The summed E-state index contributed by atoms with van der Waals surface area (Å²) in [4.78, 5) is 16.1. The van der Waals surface area contributed by atoms with E-state index in [9.17, 15) is 9.18 Å². The van der Waals surface area contributed by atoms with Gasteiger partial charge in [0.1, 0.15) is 17.7 Å². The minimum Gasteiger partial charge on any atom is -0.319 e. The van der Waals surface area contributed by atoms with E-state index in [4.69, 9.17) is 5.26 Å². The molecule has 0 aliphatic rings. The van der Waals surface area contributed by atoms with Crippen molar-refractivity contribution in [3.8, 4) is 6.07 Å². The molecule has 1 aromatic carbocycles. The number of carbonyl (C=O) groups excluding carboxylic acids is 1. The van der Waals surface area contributed by atoms with Crippen LogP contribution in [-0.2, 0) is 5.41 Å². The van der Waals surface area contributed by atoms with Crippen LogP contribution in [0.3, 0.4) is 0 Å². The number of rotatable bonds is 2. The first kappa shape index (κ1) is 14.7. The number of nitrogens with one attached hydrogen (secondary N) is 2. The fourth-order valence-electron chi connectivity index (χ4n) is 1.57. The SMILES string of the molecule is CC(C)(C)c1nc(C(=O)Nc2ccc(F)c(C#N)c2)n[nH]1. The van der Waals surface area contributed by atoms with E-state index in [1.54, 1.807) is 6.07 Å². The fraction of sp³-hybridized carbons (Fsp3) is 0.286. The van der Waals surface area contributed by atoms with E-state index in [0.29, 0.717) is 11.5 Å². The number of benzene rings is 1. The molecule has 0 saturated heterocycles. The van der Waals surface area contributed by atoms with Crippen LogP contribution in [0, 0.1) is 17.1 Å². The quantitative estimate of drug-likeness (QED) is 0.886. The molecule has 0 aliphatic carbocycles. The van der Waals surface area contributed by atoms with Gasteiger partial charge in [0.15, 0.2) is 0 Å². The lowest BCUT2D eigenvalue weighted by Crippen LogP contribution is -2.16. The van der Waals surface area contributed by atoms with Crippen LogP contribution in [0.15, 0.2) is 18.2 Å². The van der Waals surface area contributed by atoms with Gasteiger partial charge in [0.25, 0.3) is 5.91 Å². The number of aromatic amines is 1. The highest BCUT2D eigenvalue weighted by atomic mass is 19.1. The molecule has 0 aliphatic heterocycles. The lowest BCUT2D eigenvalue weighted by atomic mass is 9.96. The smallest absolute Gasteiger partial charge is 0.295 e. The molecular weight excluding hydrogens is 273 g/mol. The number of carbonyl (C=O) groups is 1. The largest absolute Gasteiger partial charge is 0.319 e. The van der Waals surface area contributed by atoms with Gasteiger partial charge in [-0.25, -0.2) is 9.37 Å². The zero-order chi connectivity index (χ0) is 15.6. The third kappa shape index (κ3) is 3.23. The Morgan fingerprint density at radius 2 is 2.14 bits per heavy atom. The van der Waals surface area contributed by atoms with E-state index in [1.165, 1.54) is 12.1 Å². The molecular formula is C14H14FN5O. The first-order chi connectivity index (χ1) is 9.81. The zero-order valence-corrected chi connectivity index (χ0v) is 11.9. The van der Waals surface area contributed by atoms with Crippen LogP contribution in [-0.4, -0.2) is 21.1 Å². The Balaban J connectivity index is 2.19. The van der Waals surface area contributed by atoms with E-state index < -0.39 is 11.7 Å². The minimum absolute atomic E-state index is 0.0113. The van der Waals surface area contributed by atoms with E-state index in [1.807, 2.05) is 20.8 Å². The molecule has 21 heavy (non-hydrogen) atoms. The molecule has 0 unspecified atom stereocenters. The van der Waals surface area contributed by atoms with Gasteiger partial charge in [-0.15, -0.1) is 5.10 Å². The molecule has 0 radical (unpaired) electrons. The highest BCUT2D eigenvalue weighted by molar-refractivity contribution is 6.01. The first-order valence-corrected chi connectivity index (χ1v) is 6.25. The molecule has 0 saturated carbocycles. The predicted molar refractivity (Wildman–Crippen MR) is 74.2 cm³/mol. The molecule has 0 spiro atoms. The summed E-state index contributed by atoms with van der Waals surface area (Å²) in [5.74, 6) is -0.590. The third-order valence-corrected chi connectivity index (χ3v) is 2.74. The number of nitrogens with zero attached hydrogens (tertiary/aromatic N) is 3. The van der Waals surface area contributed by atoms with Crippen LogP contribution in [0.25, 0.3) is 0 Å². The maximum atomic E-state index is 13.2. The van der Waals surface area contributed by atoms with Crippen molar-refractivity contribution in [3.63, 3.8) is 0 Å². The van der Waals surface area contributed by atoms with Gasteiger partial charge < -0.3 is 5.32 Å². The van der Waals surface area contributed by atoms with Crippen molar-refractivity contribution >= 4 is 11.6 Å². The van der Waals surface area contributed by atoms with E-state index in [0.717, 1.165) is 6.07 Å². The van der Waals surface area contributed by atoms with E-state index in [-0.39, 0.29) is 16.8 Å². The van der Waals surface area contributed by atoms with Crippen LogP contribution < -0.4 is 5.32 Å². The van der Waals surface area contributed by atoms with Crippen molar-refractivity contribution < 1.29 is 9.18 Å². The average molecular weight is 287 g/mol. The Morgan fingerprint density at radius 1 is 1.43 bits per heavy atom. The van der Waals surface area contributed by atoms with Gasteiger partial charge in [0.2, 0.25) is 5.82 Å². The fourth-order valence-corrected chi connectivity index (χ4v) is 1.57. The molecule has 2 rings (SSSR count). The standard InChI is InChI=1S/C14H14FN5O/c1-14(2,3)13-18-11(19-20-13)12(21)17-9-4-5-10(15)8(6-9)7-16/h4-6H,1-3H3,(H,17,21)(H,18,19,20). The molecule has 0 bridgehead atoms. The molecule has 0 atom stereocenters. The minimum atomic E-state index is -0.636. The van der Waals surface area contributed by atoms with E-state index >= 15 is 0 Å². The van der Waals surface area contributed by atoms with Crippen molar-refractivity contribution in [1.82, 2.24) is 15.2 Å². The Morgan fingerprint density at radius 3 is 2.71 bits per heavy atom. The summed E-state index contributed by atoms with van der Waals surface area (Å²) in [6.45, 7) is 5.82. The molecule has 7 heteroatoms. The molecule has 108 valence electrons. The van der Waals surface area contributed by atoms with Crippen molar-refractivity contribution in [1.29, 1.82) is 5.26 Å². The lowest BCUT2D eigenvalue weighted by molar-refractivity contribution is 0.101. The van der Waals surface area contributed by atoms with Gasteiger partial charge in [-0.2, -0.15) is 5.26 Å². The predicted octanol–water partition coefficient (Wildman–Crippen LogP) is 2.37. The average Bonchev–Trinajstić information content (AvgIpc) is 2.90. The van der Waals surface area contributed by atoms with Gasteiger partial charge in [0, 0.05) is 11.1 Å². The molecule has 1 heterocycles. The summed E-state index contributed by atoms with van der Waals surface area (Å²) in [5, 5.41) is 17.8. The van der Waals surface area contributed by atoms with Gasteiger partial charge in [-0.1, -0.05) is 20.8 Å². The Hall–Kier alpha value is -2.75. The number of hydrogen-bond donors (Lipinski definition) is 2. The van der Waals surface area contributed by atoms with Crippen molar-refractivity contribution in [3.05, 3.63) is 41.2 Å². The monoisotopic (exact) mass is 287 g/mol. The molecule has 2 aromatic rings. The van der Waals surface area contributed by atoms with Gasteiger partial charge in [0.05, 0.1) is 5.56 Å². The summed E-state index contributed by atoms with van der Waals surface area (Å²) in [6, 6.07) is 5.45. The molecule has 1 amide bonds. The second-order valence-corrected chi connectivity index (χ2v) is 5.52. The maximum absolute atomic E-state index is 13.2. The second-order valence-electron chi connectivity index (χ2n) is 5.52. The number of anilines is 1. The van der Waals surface area contributed by atoms with Crippen LogP contribution in [0.2, 0.25) is 0 Å². The van der Waals surface area contributed by atoms with Crippen LogP contribution in [0.1, 0.15) is 42.8 Å². The normalized spacial score (nSPS) is 11.0. The Bertz CT molecular complexity index is 724. The molecule has 2 N–H and O–H groups in total. The number of halogens is 1. The second kappa shape index (κ2) is 5.32. The number of nitriles is 1. The van der Waals surface area contributed by atoms with Crippen LogP contribution in [0.4, 0.5) is 10.1 Å². The highest BCUT2D eigenvalue weighted by Gasteiger charge is 2.21. The van der Waals surface area contributed by atoms with Gasteiger partial charge in [-0.3, -0.25) is 9.89 Å². The lowest BCUT2D eigenvalue weighted by Gasteiger charge is -2.12. The summed E-state index contributed by atoms with van der Waals surface area (Å²) in [5.41, 5.74) is -0.0896. The number of amides is 1. The number of hydrogen-bond acceptors (Lipinski definition) is 4.